The zero-order chi connectivity index (χ0) is 20.9. The Labute approximate surface area is 162 Å². The molecule has 1 aliphatic carbocycles. The highest BCUT2D eigenvalue weighted by Crippen LogP contribution is 2.46. The predicted molar refractivity (Wildman–Crippen MR) is 110 cm³/mol. The molecule has 0 aromatic heterocycles. The number of aliphatic hydroxyl groups is 2. The van der Waals surface area contributed by atoms with Crippen molar-refractivity contribution in [3.63, 3.8) is 0 Å². The van der Waals surface area contributed by atoms with Crippen LogP contribution in [0.25, 0.3) is 0 Å². The minimum absolute atomic E-state index is 0.143. The van der Waals surface area contributed by atoms with Crippen molar-refractivity contribution in [2.45, 2.75) is 67.7 Å². The molecule has 4 nitrogen and oxygen atoms in total. The Hall–Kier alpha value is -2.36. The van der Waals surface area contributed by atoms with E-state index in [0.29, 0.717) is 0 Å². The summed E-state index contributed by atoms with van der Waals surface area (Å²) in [5.74, 6) is -1.50. The first-order valence-corrected chi connectivity index (χ1v) is 9.26. The molecule has 0 saturated heterocycles. The zero-order valence-corrected chi connectivity index (χ0v) is 17.6. The smallest absolute Gasteiger partial charge is 0.177 e. The van der Waals surface area contributed by atoms with E-state index in [-0.39, 0.29) is 42.0 Å². The van der Waals surface area contributed by atoms with Crippen LogP contribution in [0.2, 0.25) is 0 Å². The SMILES string of the molecule is CC(=O)C1=C(O)C(CC=C(C)C)(CC=C(C)C)C(=O)C(CC=C(C)C)=C1O. The number of carbonyl (C=O) groups is 2. The number of Topliss-reactive ketones (excluding diaryl/α,β-unsaturated/α-hetero) is 2. The van der Waals surface area contributed by atoms with Crippen LogP contribution in [0.4, 0.5) is 0 Å². The molecule has 2 N–H and O–H groups in total. The molecule has 0 unspecified atom stereocenters. The van der Waals surface area contributed by atoms with Crippen LogP contribution in [0.15, 0.2) is 57.6 Å². The summed E-state index contributed by atoms with van der Waals surface area (Å²) in [6, 6.07) is 0. The van der Waals surface area contributed by atoms with Crippen molar-refractivity contribution >= 4 is 11.6 Å². The lowest BCUT2D eigenvalue weighted by molar-refractivity contribution is -0.125. The quantitative estimate of drug-likeness (QED) is 0.551. The fourth-order valence-corrected chi connectivity index (χ4v) is 3.05. The molecule has 0 bridgehead atoms. The van der Waals surface area contributed by atoms with Gasteiger partial charge < -0.3 is 10.2 Å². The fraction of sp³-hybridized carbons (Fsp3) is 0.478. The third-order valence-electron chi connectivity index (χ3n) is 4.71. The van der Waals surface area contributed by atoms with Crippen LogP contribution >= 0.6 is 0 Å². The lowest BCUT2D eigenvalue weighted by Crippen LogP contribution is -2.39. The zero-order valence-electron chi connectivity index (χ0n) is 17.6. The summed E-state index contributed by atoms with van der Waals surface area (Å²) in [5.41, 5.74) is 1.81. The standard InChI is InChI=1S/C23H32O4/c1-14(2)8-9-18-20(25)19(17(7)24)22(27)23(21(18)26,12-10-15(3)4)13-11-16(5)6/h8,10-11,25,27H,9,12-13H2,1-7H3. The van der Waals surface area contributed by atoms with E-state index in [0.717, 1.165) is 16.7 Å². The molecular formula is C23H32O4. The number of rotatable bonds is 7. The molecule has 148 valence electrons. The van der Waals surface area contributed by atoms with Crippen LogP contribution in [0.1, 0.15) is 67.7 Å². The Balaban J connectivity index is 3.76. The van der Waals surface area contributed by atoms with Gasteiger partial charge in [-0.15, -0.1) is 0 Å². The second kappa shape index (κ2) is 9.03. The van der Waals surface area contributed by atoms with Gasteiger partial charge in [-0.3, -0.25) is 9.59 Å². The molecule has 0 aliphatic heterocycles. The molecular weight excluding hydrogens is 340 g/mol. The van der Waals surface area contributed by atoms with Crippen molar-refractivity contribution in [2.75, 3.05) is 0 Å². The number of aliphatic hydroxyl groups excluding tert-OH is 2. The van der Waals surface area contributed by atoms with Gasteiger partial charge >= 0.3 is 0 Å². The maximum atomic E-state index is 13.5. The second-order valence-corrected chi connectivity index (χ2v) is 7.97. The largest absolute Gasteiger partial charge is 0.510 e. The van der Waals surface area contributed by atoms with Crippen LogP contribution in [-0.4, -0.2) is 21.8 Å². The highest BCUT2D eigenvalue weighted by molar-refractivity contribution is 6.10. The number of hydrogen-bond donors (Lipinski definition) is 2. The molecule has 0 atom stereocenters. The molecule has 1 aliphatic rings. The van der Waals surface area contributed by atoms with Gasteiger partial charge in [0.05, 0.1) is 11.0 Å². The van der Waals surface area contributed by atoms with Crippen molar-refractivity contribution < 1.29 is 19.8 Å². The van der Waals surface area contributed by atoms with E-state index in [1.165, 1.54) is 6.92 Å². The topological polar surface area (TPSA) is 74.6 Å². The summed E-state index contributed by atoms with van der Waals surface area (Å²) in [6.45, 7) is 12.8. The van der Waals surface area contributed by atoms with Crippen molar-refractivity contribution in [1.29, 1.82) is 0 Å². The van der Waals surface area contributed by atoms with E-state index in [2.05, 4.69) is 0 Å². The maximum Gasteiger partial charge on any atom is 0.177 e. The molecule has 0 amide bonds. The predicted octanol–water partition coefficient (Wildman–Crippen LogP) is 5.84. The summed E-state index contributed by atoms with van der Waals surface area (Å²) in [6.07, 6.45) is 6.40. The maximum absolute atomic E-state index is 13.5. The Bertz CT molecular complexity index is 753. The third kappa shape index (κ3) is 5.09. The monoisotopic (exact) mass is 372 g/mol. The lowest BCUT2D eigenvalue weighted by atomic mass is 9.67. The fourth-order valence-electron chi connectivity index (χ4n) is 3.05. The number of allylic oxidation sites excluding steroid dienone is 9. The first-order chi connectivity index (χ1) is 12.4. The Morgan fingerprint density at radius 3 is 1.67 bits per heavy atom. The highest BCUT2D eigenvalue weighted by Gasteiger charge is 2.49. The summed E-state index contributed by atoms with van der Waals surface area (Å²) in [4.78, 5) is 25.7. The summed E-state index contributed by atoms with van der Waals surface area (Å²) >= 11 is 0. The van der Waals surface area contributed by atoms with Gasteiger partial charge in [0.1, 0.15) is 11.5 Å². The van der Waals surface area contributed by atoms with Gasteiger partial charge in [0.15, 0.2) is 11.6 Å². The summed E-state index contributed by atoms with van der Waals surface area (Å²) in [5, 5.41) is 21.6. The van der Waals surface area contributed by atoms with E-state index < -0.39 is 17.0 Å². The first kappa shape index (κ1) is 22.7. The molecule has 0 fully saturated rings. The van der Waals surface area contributed by atoms with Crippen LogP contribution in [0.3, 0.4) is 0 Å². The van der Waals surface area contributed by atoms with Crippen LogP contribution < -0.4 is 0 Å². The number of carbonyl (C=O) groups excluding carboxylic acids is 2. The average molecular weight is 373 g/mol. The normalized spacial score (nSPS) is 16.2. The van der Waals surface area contributed by atoms with Gasteiger partial charge in [-0.05, 0) is 67.7 Å². The lowest BCUT2D eigenvalue weighted by Gasteiger charge is -2.36. The van der Waals surface area contributed by atoms with Gasteiger partial charge in [-0.1, -0.05) is 34.9 Å². The molecule has 0 radical (unpaired) electrons. The van der Waals surface area contributed by atoms with Gasteiger partial charge in [0, 0.05) is 5.57 Å². The highest BCUT2D eigenvalue weighted by atomic mass is 16.3. The van der Waals surface area contributed by atoms with E-state index in [1.54, 1.807) is 0 Å². The van der Waals surface area contributed by atoms with Gasteiger partial charge in [0.25, 0.3) is 0 Å². The van der Waals surface area contributed by atoms with Gasteiger partial charge in [0.2, 0.25) is 0 Å². The molecule has 0 spiro atoms. The van der Waals surface area contributed by atoms with Crippen LogP contribution in [0.5, 0.6) is 0 Å². The van der Waals surface area contributed by atoms with Crippen molar-refractivity contribution in [3.8, 4) is 0 Å². The summed E-state index contributed by atoms with van der Waals surface area (Å²) < 4.78 is 0. The van der Waals surface area contributed by atoms with E-state index in [9.17, 15) is 19.8 Å². The molecule has 0 aromatic rings. The Kier molecular flexibility index (Phi) is 7.58. The molecule has 0 heterocycles. The van der Waals surface area contributed by atoms with Crippen molar-refractivity contribution in [3.05, 3.63) is 57.6 Å². The minimum atomic E-state index is -1.27. The first-order valence-electron chi connectivity index (χ1n) is 9.26. The van der Waals surface area contributed by atoms with Crippen molar-refractivity contribution in [2.24, 2.45) is 5.41 Å². The molecule has 27 heavy (non-hydrogen) atoms. The van der Waals surface area contributed by atoms with Gasteiger partial charge in [-0.2, -0.15) is 0 Å². The molecule has 1 rings (SSSR count). The number of ketones is 2. The number of hydrogen-bond acceptors (Lipinski definition) is 4. The third-order valence-corrected chi connectivity index (χ3v) is 4.71. The molecule has 4 heteroatoms. The van der Waals surface area contributed by atoms with E-state index in [1.807, 2.05) is 59.8 Å². The Morgan fingerprint density at radius 1 is 0.852 bits per heavy atom. The van der Waals surface area contributed by atoms with Gasteiger partial charge in [-0.25, -0.2) is 0 Å². The van der Waals surface area contributed by atoms with Crippen LogP contribution in [-0.2, 0) is 9.59 Å². The molecule has 0 aromatic carbocycles. The summed E-state index contributed by atoms with van der Waals surface area (Å²) in [7, 11) is 0. The second-order valence-electron chi connectivity index (χ2n) is 7.97. The van der Waals surface area contributed by atoms with E-state index in [4.69, 9.17) is 0 Å². The minimum Gasteiger partial charge on any atom is -0.510 e. The average Bonchev–Trinajstić information content (AvgIpc) is 2.53. The van der Waals surface area contributed by atoms with E-state index >= 15 is 0 Å². The Morgan fingerprint density at radius 2 is 1.30 bits per heavy atom. The van der Waals surface area contributed by atoms with Crippen LogP contribution in [0, 0.1) is 5.41 Å². The molecule has 0 saturated carbocycles. The van der Waals surface area contributed by atoms with Crippen molar-refractivity contribution in [1.82, 2.24) is 0 Å².